The van der Waals surface area contributed by atoms with Crippen LogP contribution >= 0.6 is 11.8 Å². The molecule has 0 saturated heterocycles. The summed E-state index contributed by atoms with van der Waals surface area (Å²) in [5.41, 5.74) is 2.75. The summed E-state index contributed by atoms with van der Waals surface area (Å²) in [5.74, 6) is 0.505. The molecule has 0 saturated carbocycles. The highest BCUT2D eigenvalue weighted by atomic mass is 32.2. The van der Waals surface area contributed by atoms with Crippen LogP contribution in [-0.2, 0) is 14.8 Å². The van der Waals surface area contributed by atoms with E-state index in [4.69, 9.17) is 9.47 Å². The molecule has 0 atom stereocenters. The quantitative estimate of drug-likeness (QED) is 0.490. The molecule has 35 heavy (non-hydrogen) atoms. The number of nitrogens with zero attached hydrogens (tertiary/aromatic N) is 2. The van der Waals surface area contributed by atoms with Crippen molar-refractivity contribution in [3.63, 3.8) is 0 Å². The van der Waals surface area contributed by atoms with E-state index in [2.05, 4.69) is 10.3 Å². The zero-order valence-electron chi connectivity index (χ0n) is 19.5. The Balaban J connectivity index is 1.78. The van der Waals surface area contributed by atoms with Crippen LogP contribution in [0.15, 0.2) is 76.6 Å². The molecule has 0 aliphatic carbocycles. The number of methoxy groups -OCH3 is 2. The number of anilines is 2. The minimum Gasteiger partial charge on any atom is -0.497 e. The highest BCUT2D eigenvalue weighted by Crippen LogP contribution is 2.36. The molecule has 0 unspecified atom stereocenters. The number of carbonyl (C=O) groups excluding carboxylic acids is 1. The Morgan fingerprint density at radius 2 is 1.80 bits per heavy atom. The molecule has 8 nitrogen and oxygen atoms in total. The van der Waals surface area contributed by atoms with E-state index in [0.29, 0.717) is 39.3 Å². The van der Waals surface area contributed by atoms with Crippen molar-refractivity contribution in [2.24, 2.45) is 4.99 Å². The van der Waals surface area contributed by atoms with Gasteiger partial charge in [-0.1, -0.05) is 41.6 Å². The van der Waals surface area contributed by atoms with E-state index < -0.39 is 16.0 Å². The first-order valence-electron chi connectivity index (χ1n) is 10.8. The van der Waals surface area contributed by atoms with Gasteiger partial charge in [0.15, 0.2) is 5.17 Å². The highest BCUT2D eigenvalue weighted by molar-refractivity contribution is 8.14. The van der Waals surface area contributed by atoms with Gasteiger partial charge in [-0.15, -0.1) is 0 Å². The second-order valence-corrected chi connectivity index (χ2v) is 10.6. The maximum atomic E-state index is 13.6. The highest BCUT2D eigenvalue weighted by Gasteiger charge is 2.29. The van der Waals surface area contributed by atoms with Gasteiger partial charge in [0, 0.05) is 18.4 Å². The van der Waals surface area contributed by atoms with Crippen LogP contribution in [-0.4, -0.2) is 46.1 Å². The Labute approximate surface area is 209 Å². The number of aliphatic imine (C=N–C) groups is 1. The summed E-state index contributed by atoms with van der Waals surface area (Å²) in [6.07, 6.45) is 0. The summed E-state index contributed by atoms with van der Waals surface area (Å²) in [4.78, 5) is 17.1. The van der Waals surface area contributed by atoms with Gasteiger partial charge >= 0.3 is 5.97 Å². The van der Waals surface area contributed by atoms with Gasteiger partial charge in [0.25, 0.3) is 10.0 Å². The fraction of sp³-hybridized carbons (Fsp3) is 0.200. The smallest absolute Gasteiger partial charge is 0.340 e. The number of nitrogens with one attached hydrogen (secondary N) is 1. The Morgan fingerprint density at radius 3 is 2.51 bits per heavy atom. The standard InChI is InChI=1S/C25H25N3O5S2/c1-17-8-11-19(12-9-17)35(30,31)28-14-15-34-25(27-22-16-18(32-2)10-13-23(22)28)26-21-7-5-4-6-20(21)24(29)33-3/h4-13,16H,14-15H2,1-3H3,(H,26,27). The lowest BCUT2D eigenvalue weighted by atomic mass is 10.2. The number of ether oxygens (including phenoxy) is 2. The van der Waals surface area contributed by atoms with Crippen molar-refractivity contribution in [2.75, 3.05) is 36.1 Å². The number of esters is 1. The van der Waals surface area contributed by atoms with E-state index in [1.807, 2.05) is 6.92 Å². The van der Waals surface area contributed by atoms with Gasteiger partial charge in [-0.05, 0) is 43.3 Å². The molecule has 0 bridgehead atoms. The molecule has 3 aromatic rings. The monoisotopic (exact) mass is 511 g/mol. The molecule has 182 valence electrons. The molecule has 0 aromatic heterocycles. The number of thioether (sulfide) groups is 1. The van der Waals surface area contributed by atoms with Crippen molar-refractivity contribution in [3.05, 3.63) is 77.9 Å². The number of sulfonamides is 1. The van der Waals surface area contributed by atoms with E-state index in [1.165, 1.54) is 23.2 Å². The molecular weight excluding hydrogens is 486 g/mol. The van der Waals surface area contributed by atoms with Gasteiger partial charge in [0.05, 0.1) is 41.7 Å². The summed E-state index contributed by atoms with van der Waals surface area (Å²) in [6, 6.07) is 18.8. The normalized spacial score (nSPS) is 14.9. The summed E-state index contributed by atoms with van der Waals surface area (Å²) in [6.45, 7) is 2.13. The van der Waals surface area contributed by atoms with Gasteiger partial charge in [-0.2, -0.15) is 0 Å². The van der Waals surface area contributed by atoms with Crippen LogP contribution < -0.4 is 14.4 Å². The number of aryl methyl sites for hydroxylation is 1. The van der Waals surface area contributed by atoms with Gasteiger partial charge in [-0.25, -0.2) is 18.2 Å². The summed E-state index contributed by atoms with van der Waals surface area (Å²) < 4.78 is 38.8. The summed E-state index contributed by atoms with van der Waals surface area (Å²) in [5, 5.41) is 3.76. The first-order chi connectivity index (χ1) is 16.8. The first kappa shape index (κ1) is 24.6. The minimum absolute atomic E-state index is 0.219. The maximum absolute atomic E-state index is 13.6. The molecule has 1 aliphatic heterocycles. The zero-order valence-corrected chi connectivity index (χ0v) is 21.2. The molecule has 3 aromatic carbocycles. The number of amidine groups is 1. The number of benzene rings is 3. The van der Waals surface area contributed by atoms with Crippen LogP contribution in [0.2, 0.25) is 0 Å². The summed E-state index contributed by atoms with van der Waals surface area (Å²) in [7, 11) is -0.947. The fourth-order valence-corrected chi connectivity index (χ4v) is 5.98. The SMILES string of the molecule is COC(=O)c1ccccc1N=C1Nc2cc(OC)ccc2N(S(=O)(=O)c2ccc(C)cc2)CCS1. The number of para-hydroxylation sites is 1. The van der Waals surface area contributed by atoms with Crippen molar-refractivity contribution in [1.29, 1.82) is 0 Å². The number of carbonyl (C=O) groups is 1. The molecule has 0 spiro atoms. The topological polar surface area (TPSA) is 97.3 Å². The van der Waals surface area contributed by atoms with Gasteiger partial charge in [0.2, 0.25) is 0 Å². The molecule has 4 rings (SSSR count). The third kappa shape index (κ3) is 5.28. The predicted molar refractivity (Wildman–Crippen MR) is 140 cm³/mol. The molecule has 0 fully saturated rings. The van der Waals surface area contributed by atoms with Crippen LogP contribution in [0.25, 0.3) is 0 Å². The van der Waals surface area contributed by atoms with Crippen molar-refractivity contribution < 1.29 is 22.7 Å². The Morgan fingerprint density at radius 1 is 1.06 bits per heavy atom. The molecule has 10 heteroatoms. The first-order valence-corrected chi connectivity index (χ1v) is 13.2. The van der Waals surface area contributed by atoms with Crippen molar-refractivity contribution in [2.45, 2.75) is 11.8 Å². The fourth-order valence-electron chi connectivity index (χ4n) is 3.57. The Kier molecular flexibility index (Phi) is 7.32. The second-order valence-electron chi connectivity index (χ2n) is 7.67. The lowest BCUT2D eigenvalue weighted by molar-refractivity contribution is 0.0601. The Bertz CT molecular complexity index is 1370. The number of hydrogen-bond donors (Lipinski definition) is 1. The number of hydrogen-bond acceptors (Lipinski definition) is 7. The third-order valence-electron chi connectivity index (χ3n) is 5.39. The summed E-state index contributed by atoms with van der Waals surface area (Å²) >= 11 is 1.35. The molecule has 0 radical (unpaired) electrons. The van der Waals surface area contributed by atoms with Crippen LogP contribution in [0.4, 0.5) is 17.1 Å². The van der Waals surface area contributed by atoms with Gasteiger partial charge < -0.3 is 14.8 Å². The predicted octanol–water partition coefficient (Wildman–Crippen LogP) is 4.83. The number of rotatable bonds is 5. The molecule has 1 heterocycles. The molecule has 1 aliphatic rings. The zero-order chi connectivity index (χ0) is 25.0. The Hall–Kier alpha value is -3.50. The lowest BCUT2D eigenvalue weighted by Gasteiger charge is -2.29. The van der Waals surface area contributed by atoms with Crippen LogP contribution in [0.1, 0.15) is 15.9 Å². The average molecular weight is 512 g/mol. The van der Waals surface area contributed by atoms with E-state index in [9.17, 15) is 13.2 Å². The van der Waals surface area contributed by atoms with Gasteiger partial charge in [0.1, 0.15) is 5.75 Å². The van der Waals surface area contributed by atoms with Crippen LogP contribution in [0, 0.1) is 6.92 Å². The lowest BCUT2D eigenvalue weighted by Crippen LogP contribution is -2.35. The van der Waals surface area contributed by atoms with Crippen molar-refractivity contribution >= 4 is 50.0 Å². The average Bonchev–Trinajstić information content (AvgIpc) is 2.85. The van der Waals surface area contributed by atoms with Gasteiger partial charge in [-0.3, -0.25) is 4.31 Å². The second kappa shape index (κ2) is 10.4. The van der Waals surface area contributed by atoms with Crippen molar-refractivity contribution in [1.82, 2.24) is 0 Å². The minimum atomic E-state index is -3.81. The molecular formula is C25H25N3O5S2. The largest absolute Gasteiger partial charge is 0.497 e. The van der Waals surface area contributed by atoms with E-state index in [-0.39, 0.29) is 11.4 Å². The van der Waals surface area contributed by atoms with Crippen LogP contribution in [0.3, 0.4) is 0 Å². The van der Waals surface area contributed by atoms with Crippen molar-refractivity contribution in [3.8, 4) is 5.75 Å². The number of fused-ring (bicyclic) bond motifs is 1. The molecule has 1 N–H and O–H groups in total. The molecule has 0 amide bonds. The third-order valence-corrected chi connectivity index (χ3v) is 8.07. The van der Waals surface area contributed by atoms with E-state index in [1.54, 1.807) is 73.8 Å². The van der Waals surface area contributed by atoms with E-state index in [0.717, 1.165) is 5.56 Å². The van der Waals surface area contributed by atoms with Crippen LogP contribution in [0.5, 0.6) is 5.75 Å². The maximum Gasteiger partial charge on any atom is 0.340 e. The van der Waals surface area contributed by atoms with E-state index >= 15 is 0 Å².